The van der Waals surface area contributed by atoms with Crippen LogP contribution in [0, 0.1) is 11.8 Å². The molecule has 3 aliphatic rings. The maximum Gasteiger partial charge on any atom is 0.258 e. The summed E-state index contributed by atoms with van der Waals surface area (Å²) in [6, 6.07) is 10.8. The molecule has 1 fully saturated rings. The number of anilines is 1. The molecule has 5 rings (SSSR count). The lowest BCUT2D eigenvalue weighted by Crippen LogP contribution is -2.49. The van der Waals surface area contributed by atoms with E-state index in [9.17, 15) is 14.7 Å². The second-order valence-corrected chi connectivity index (χ2v) is 10.5. The average Bonchev–Trinajstić information content (AvgIpc) is 3.64. The van der Waals surface area contributed by atoms with E-state index in [1.54, 1.807) is 23.1 Å². The Bertz CT molecular complexity index is 1170. The Kier molecular flexibility index (Phi) is 7.26. The summed E-state index contributed by atoms with van der Waals surface area (Å²) >= 11 is 0. The molecule has 0 unspecified atom stereocenters. The normalized spacial score (nSPS) is 21.6. The topological polar surface area (TPSA) is 101 Å². The number of nitrogens with one attached hydrogen (secondary N) is 1. The first-order chi connectivity index (χ1) is 17.8. The van der Waals surface area contributed by atoms with Crippen molar-refractivity contribution in [3.8, 4) is 17.2 Å². The number of carbonyl (C=O) groups is 2. The van der Waals surface area contributed by atoms with E-state index in [4.69, 9.17) is 14.2 Å². The second-order valence-electron chi connectivity index (χ2n) is 10.5. The Morgan fingerprint density at radius 3 is 2.68 bits per heavy atom. The minimum Gasteiger partial charge on any atom is -0.488 e. The summed E-state index contributed by atoms with van der Waals surface area (Å²) in [6.45, 7) is 5.78. The van der Waals surface area contributed by atoms with Crippen LogP contribution in [0.1, 0.15) is 42.6 Å². The van der Waals surface area contributed by atoms with Gasteiger partial charge in [-0.25, -0.2) is 0 Å². The van der Waals surface area contributed by atoms with Crippen molar-refractivity contribution in [3.05, 3.63) is 47.5 Å². The summed E-state index contributed by atoms with van der Waals surface area (Å²) in [6.07, 6.45) is 1.60. The molecular weight excluding hydrogens is 474 g/mol. The van der Waals surface area contributed by atoms with E-state index in [1.807, 2.05) is 32.2 Å². The van der Waals surface area contributed by atoms with Gasteiger partial charge in [0.2, 0.25) is 12.7 Å². The zero-order chi connectivity index (χ0) is 26.1. The van der Waals surface area contributed by atoms with Gasteiger partial charge in [0.15, 0.2) is 11.5 Å². The molecule has 2 aliphatic heterocycles. The minimum atomic E-state index is -0.349. The Balaban J connectivity index is 1.36. The van der Waals surface area contributed by atoms with Crippen LogP contribution < -0.4 is 19.5 Å². The summed E-state index contributed by atoms with van der Waals surface area (Å²) in [4.78, 5) is 29.8. The van der Waals surface area contributed by atoms with Gasteiger partial charge in [-0.2, -0.15) is 0 Å². The molecule has 2 N–H and O–H groups in total. The van der Waals surface area contributed by atoms with E-state index in [1.165, 1.54) is 0 Å². The van der Waals surface area contributed by atoms with E-state index in [-0.39, 0.29) is 49.2 Å². The molecule has 198 valence electrons. The molecule has 1 aliphatic carbocycles. The first kappa shape index (κ1) is 25.4. The van der Waals surface area contributed by atoms with E-state index in [0.717, 1.165) is 29.9 Å². The Hall–Kier alpha value is -3.30. The molecule has 2 amide bonds. The van der Waals surface area contributed by atoms with E-state index in [0.29, 0.717) is 36.6 Å². The predicted octanol–water partition coefficient (Wildman–Crippen LogP) is 3.12. The predicted molar refractivity (Wildman–Crippen MR) is 138 cm³/mol. The van der Waals surface area contributed by atoms with Crippen LogP contribution in [0.5, 0.6) is 17.2 Å². The van der Waals surface area contributed by atoms with Crippen molar-refractivity contribution in [2.24, 2.45) is 11.8 Å². The number of likely N-dealkylation sites (N-methyl/N-ethyl adjacent to an activating group) is 1. The highest BCUT2D eigenvalue weighted by Gasteiger charge is 2.34. The molecule has 0 aromatic heterocycles. The van der Waals surface area contributed by atoms with Crippen LogP contribution in [0.3, 0.4) is 0 Å². The van der Waals surface area contributed by atoms with Gasteiger partial charge in [0, 0.05) is 37.2 Å². The van der Waals surface area contributed by atoms with Crippen LogP contribution in [-0.4, -0.2) is 72.4 Å². The van der Waals surface area contributed by atoms with Crippen LogP contribution in [-0.2, 0) is 11.3 Å². The number of nitrogens with zero attached hydrogens (tertiary/aromatic N) is 2. The number of aliphatic hydroxyl groups excluding tert-OH is 1. The molecule has 1 saturated carbocycles. The number of rotatable bonds is 8. The number of ether oxygens (including phenoxy) is 3. The maximum atomic E-state index is 13.6. The molecule has 3 atom stereocenters. The fraction of sp³-hybridized carbons (Fsp3) is 0.500. The molecule has 9 heteroatoms. The van der Waals surface area contributed by atoms with Crippen LogP contribution in [0.2, 0.25) is 0 Å². The number of benzene rings is 2. The molecule has 2 aromatic carbocycles. The molecule has 2 heterocycles. The monoisotopic (exact) mass is 509 g/mol. The fourth-order valence-electron chi connectivity index (χ4n) is 4.83. The largest absolute Gasteiger partial charge is 0.488 e. The number of hydrogen-bond acceptors (Lipinski definition) is 7. The zero-order valence-corrected chi connectivity index (χ0v) is 21.6. The Labute approximate surface area is 217 Å². The van der Waals surface area contributed by atoms with E-state index in [2.05, 4.69) is 17.1 Å². The lowest BCUT2D eigenvalue weighted by molar-refractivity contribution is -0.117. The fourth-order valence-corrected chi connectivity index (χ4v) is 4.83. The van der Waals surface area contributed by atoms with Crippen LogP contribution in [0.4, 0.5) is 5.69 Å². The minimum absolute atomic E-state index is 0.0135. The van der Waals surface area contributed by atoms with E-state index >= 15 is 0 Å². The first-order valence-electron chi connectivity index (χ1n) is 12.9. The SMILES string of the molecule is C[C@H](CO)N1C[C@H](C)[C@@H](CN(C)Cc2ccc3c(c2)OCO3)Oc2ccc(NC(=O)C3CC3)cc2C1=O. The van der Waals surface area contributed by atoms with Gasteiger partial charge in [-0.15, -0.1) is 0 Å². The van der Waals surface area contributed by atoms with Crippen molar-refractivity contribution in [2.75, 3.05) is 38.9 Å². The summed E-state index contributed by atoms with van der Waals surface area (Å²) in [5, 5.41) is 12.8. The molecule has 37 heavy (non-hydrogen) atoms. The number of hydrogen-bond donors (Lipinski definition) is 2. The molecule has 0 saturated heterocycles. The highest BCUT2D eigenvalue weighted by Crippen LogP contribution is 2.34. The molecule has 2 aromatic rings. The number of carbonyl (C=O) groups excluding carboxylic acids is 2. The zero-order valence-electron chi connectivity index (χ0n) is 21.6. The van der Waals surface area contributed by atoms with Gasteiger partial charge < -0.3 is 29.5 Å². The van der Waals surface area contributed by atoms with Crippen LogP contribution in [0.25, 0.3) is 0 Å². The molecule has 0 radical (unpaired) electrons. The summed E-state index contributed by atoms with van der Waals surface area (Å²) < 4.78 is 17.4. The summed E-state index contributed by atoms with van der Waals surface area (Å²) in [5.41, 5.74) is 2.07. The van der Waals surface area contributed by atoms with Gasteiger partial charge in [0.25, 0.3) is 5.91 Å². The molecular formula is C28H35N3O6. The van der Waals surface area contributed by atoms with Crippen molar-refractivity contribution < 1.29 is 28.9 Å². The Morgan fingerprint density at radius 2 is 1.92 bits per heavy atom. The standard InChI is InChI=1S/C28H35N3O6/c1-17-12-31(18(2)15-32)28(34)22-11-21(29-27(33)20-5-6-20)7-9-23(22)37-26(17)14-30(3)13-19-4-8-24-25(10-19)36-16-35-24/h4,7-11,17-18,20,26,32H,5-6,12-16H2,1-3H3,(H,29,33)/t17-,18+,26+/m0/s1. The van der Waals surface area contributed by atoms with Gasteiger partial charge in [0.1, 0.15) is 11.9 Å². The number of aliphatic hydroxyl groups is 1. The second kappa shape index (κ2) is 10.6. The van der Waals surface area contributed by atoms with Crippen molar-refractivity contribution in [2.45, 2.75) is 45.4 Å². The quantitative estimate of drug-likeness (QED) is 0.564. The Morgan fingerprint density at radius 1 is 1.16 bits per heavy atom. The highest BCUT2D eigenvalue weighted by atomic mass is 16.7. The third kappa shape index (κ3) is 5.67. The number of fused-ring (bicyclic) bond motifs is 2. The van der Waals surface area contributed by atoms with Crippen molar-refractivity contribution in [1.82, 2.24) is 9.80 Å². The van der Waals surface area contributed by atoms with Gasteiger partial charge >= 0.3 is 0 Å². The lowest BCUT2D eigenvalue weighted by Gasteiger charge is -2.38. The smallest absolute Gasteiger partial charge is 0.258 e. The summed E-state index contributed by atoms with van der Waals surface area (Å²) in [7, 11) is 2.04. The number of amides is 2. The van der Waals surface area contributed by atoms with Crippen molar-refractivity contribution in [3.63, 3.8) is 0 Å². The van der Waals surface area contributed by atoms with E-state index < -0.39 is 0 Å². The third-order valence-electron chi connectivity index (χ3n) is 7.26. The lowest BCUT2D eigenvalue weighted by atomic mass is 9.99. The molecule has 9 nitrogen and oxygen atoms in total. The third-order valence-corrected chi connectivity index (χ3v) is 7.26. The van der Waals surface area contributed by atoms with Crippen LogP contribution >= 0.6 is 0 Å². The highest BCUT2D eigenvalue weighted by molar-refractivity contribution is 6.00. The van der Waals surface area contributed by atoms with Gasteiger partial charge in [-0.3, -0.25) is 14.5 Å². The average molecular weight is 510 g/mol. The molecule has 0 spiro atoms. The van der Waals surface area contributed by atoms with Gasteiger partial charge in [0.05, 0.1) is 18.2 Å². The maximum absolute atomic E-state index is 13.6. The van der Waals surface area contributed by atoms with Crippen molar-refractivity contribution >= 4 is 17.5 Å². The molecule has 0 bridgehead atoms. The van der Waals surface area contributed by atoms with Crippen LogP contribution in [0.15, 0.2) is 36.4 Å². The first-order valence-corrected chi connectivity index (χ1v) is 12.9. The van der Waals surface area contributed by atoms with Gasteiger partial charge in [-0.1, -0.05) is 13.0 Å². The van der Waals surface area contributed by atoms with Crippen molar-refractivity contribution in [1.29, 1.82) is 0 Å². The summed E-state index contributed by atoms with van der Waals surface area (Å²) in [5.74, 6) is 1.85. The van der Waals surface area contributed by atoms with Gasteiger partial charge in [-0.05, 0) is 62.7 Å².